The van der Waals surface area contributed by atoms with Crippen LogP contribution >= 0.6 is 11.6 Å². The molecule has 0 aromatic carbocycles. The van der Waals surface area contributed by atoms with Crippen LogP contribution in [0.15, 0.2) is 12.1 Å². The Hall–Kier alpha value is -1.09. The predicted octanol–water partition coefficient (Wildman–Crippen LogP) is 5.12. The van der Waals surface area contributed by atoms with E-state index in [4.69, 9.17) is 11.6 Å². The lowest BCUT2D eigenvalue weighted by Crippen LogP contribution is -2.12. The van der Waals surface area contributed by atoms with E-state index in [1.807, 2.05) is 6.92 Å². The number of carbonyl (C=O) groups is 1. The molecule has 20 heavy (non-hydrogen) atoms. The Kier molecular flexibility index (Phi) is 8.28. The highest BCUT2D eigenvalue weighted by Crippen LogP contribution is 2.16. The van der Waals surface area contributed by atoms with Crippen molar-refractivity contribution in [3.05, 3.63) is 23.0 Å². The predicted molar refractivity (Wildman–Crippen MR) is 85.2 cm³/mol. The fourth-order valence-electron chi connectivity index (χ4n) is 2.12. The molecule has 0 aliphatic carbocycles. The Morgan fingerprint density at radius 2 is 1.80 bits per heavy atom. The molecule has 112 valence electrons. The summed E-state index contributed by atoms with van der Waals surface area (Å²) in [4.78, 5) is 15.9. The molecule has 1 aromatic rings. The first-order valence-electron chi connectivity index (χ1n) is 7.56. The van der Waals surface area contributed by atoms with E-state index in [1.54, 1.807) is 12.1 Å². The Balaban J connectivity index is 2.17. The van der Waals surface area contributed by atoms with Gasteiger partial charge in [-0.2, -0.15) is 0 Å². The van der Waals surface area contributed by atoms with Gasteiger partial charge < -0.3 is 5.32 Å². The Morgan fingerprint density at radius 3 is 2.45 bits per heavy atom. The summed E-state index contributed by atoms with van der Waals surface area (Å²) in [5.41, 5.74) is 1.51. The molecule has 0 saturated heterocycles. The number of carbonyl (C=O) groups excluding carboxylic acids is 1. The molecule has 1 N–H and O–H groups in total. The highest BCUT2D eigenvalue weighted by atomic mass is 35.5. The minimum atomic E-state index is 0.0609. The van der Waals surface area contributed by atoms with Crippen LogP contribution in [-0.2, 0) is 4.79 Å². The first-order chi connectivity index (χ1) is 9.63. The van der Waals surface area contributed by atoms with Gasteiger partial charge in [0.05, 0.1) is 11.4 Å². The Labute approximate surface area is 127 Å². The van der Waals surface area contributed by atoms with Gasteiger partial charge in [-0.3, -0.25) is 4.79 Å². The topological polar surface area (TPSA) is 42.0 Å². The highest BCUT2D eigenvalue weighted by Gasteiger charge is 2.05. The van der Waals surface area contributed by atoms with Gasteiger partial charge in [0.2, 0.25) is 5.91 Å². The van der Waals surface area contributed by atoms with Crippen molar-refractivity contribution in [1.29, 1.82) is 0 Å². The highest BCUT2D eigenvalue weighted by molar-refractivity contribution is 6.29. The number of unbranched alkanes of at least 4 members (excludes halogenated alkanes) is 6. The van der Waals surface area contributed by atoms with Crippen LogP contribution in [-0.4, -0.2) is 10.9 Å². The van der Waals surface area contributed by atoms with Gasteiger partial charge >= 0.3 is 0 Å². The summed E-state index contributed by atoms with van der Waals surface area (Å²) in [5, 5.41) is 3.34. The normalized spacial score (nSPS) is 10.6. The zero-order chi connectivity index (χ0) is 14.8. The van der Waals surface area contributed by atoms with E-state index in [0.717, 1.165) is 24.2 Å². The molecule has 0 aliphatic heterocycles. The number of aryl methyl sites for hydroxylation is 1. The van der Waals surface area contributed by atoms with E-state index >= 15 is 0 Å². The van der Waals surface area contributed by atoms with E-state index in [-0.39, 0.29) is 5.91 Å². The monoisotopic (exact) mass is 296 g/mol. The second-order valence-electron chi connectivity index (χ2n) is 5.19. The van der Waals surface area contributed by atoms with Gasteiger partial charge in [0, 0.05) is 6.42 Å². The molecule has 1 amide bonds. The molecule has 4 heteroatoms. The zero-order valence-corrected chi connectivity index (χ0v) is 13.3. The molecule has 0 spiro atoms. The standard InChI is InChI=1S/C16H25ClN2O/c1-3-4-5-6-7-8-9-10-16(20)19-14-11-12-15(17)18-13(14)2/h11-12H,3-10H2,1-2H3,(H,19,20). The van der Waals surface area contributed by atoms with Crippen molar-refractivity contribution >= 4 is 23.2 Å². The van der Waals surface area contributed by atoms with Crippen LogP contribution in [0, 0.1) is 6.92 Å². The molecule has 0 radical (unpaired) electrons. The fourth-order valence-corrected chi connectivity index (χ4v) is 2.31. The molecule has 0 aliphatic rings. The molecule has 0 saturated carbocycles. The lowest BCUT2D eigenvalue weighted by atomic mass is 10.1. The van der Waals surface area contributed by atoms with E-state index in [0.29, 0.717) is 11.6 Å². The molecule has 0 atom stereocenters. The summed E-state index contributed by atoms with van der Waals surface area (Å²) in [6.07, 6.45) is 9.10. The number of amides is 1. The average molecular weight is 297 g/mol. The maximum atomic E-state index is 11.8. The van der Waals surface area contributed by atoms with Gasteiger partial charge in [0.1, 0.15) is 5.15 Å². The molecule has 1 rings (SSSR count). The second kappa shape index (κ2) is 9.76. The molecule has 0 fully saturated rings. The number of anilines is 1. The molecular formula is C16H25ClN2O. The molecular weight excluding hydrogens is 272 g/mol. The van der Waals surface area contributed by atoms with Gasteiger partial charge in [-0.25, -0.2) is 4.98 Å². The van der Waals surface area contributed by atoms with E-state index in [9.17, 15) is 4.79 Å². The maximum absolute atomic E-state index is 11.8. The van der Waals surface area contributed by atoms with Crippen molar-refractivity contribution in [2.75, 3.05) is 5.32 Å². The van der Waals surface area contributed by atoms with E-state index in [2.05, 4.69) is 17.2 Å². The van der Waals surface area contributed by atoms with Crippen LogP contribution in [0.1, 0.15) is 64.0 Å². The Morgan fingerprint density at radius 1 is 1.15 bits per heavy atom. The van der Waals surface area contributed by atoms with Crippen LogP contribution in [0.5, 0.6) is 0 Å². The van der Waals surface area contributed by atoms with Crippen molar-refractivity contribution in [2.24, 2.45) is 0 Å². The van der Waals surface area contributed by atoms with E-state index in [1.165, 1.54) is 32.1 Å². The number of hydrogen-bond donors (Lipinski definition) is 1. The largest absolute Gasteiger partial charge is 0.325 e. The molecule has 1 heterocycles. The lowest BCUT2D eigenvalue weighted by Gasteiger charge is -2.07. The molecule has 3 nitrogen and oxygen atoms in total. The minimum absolute atomic E-state index is 0.0609. The van der Waals surface area contributed by atoms with Gasteiger partial charge in [-0.05, 0) is 25.5 Å². The third-order valence-electron chi connectivity index (χ3n) is 3.33. The fraction of sp³-hybridized carbons (Fsp3) is 0.625. The zero-order valence-electron chi connectivity index (χ0n) is 12.5. The van der Waals surface area contributed by atoms with Crippen LogP contribution in [0.3, 0.4) is 0 Å². The lowest BCUT2D eigenvalue weighted by molar-refractivity contribution is -0.116. The molecule has 1 aromatic heterocycles. The number of aromatic nitrogens is 1. The third kappa shape index (κ3) is 6.90. The van der Waals surface area contributed by atoms with Gasteiger partial charge in [0.15, 0.2) is 0 Å². The quantitative estimate of drug-likeness (QED) is 0.507. The van der Waals surface area contributed by atoms with Gasteiger partial charge in [-0.1, -0.05) is 57.0 Å². The minimum Gasteiger partial charge on any atom is -0.325 e. The first kappa shape index (κ1) is 17.0. The smallest absolute Gasteiger partial charge is 0.224 e. The van der Waals surface area contributed by atoms with Crippen molar-refractivity contribution in [2.45, 2.75) is 65.2 Å². The van der Waals surface area contributed by atoms with Crippen molar-refractivity contribution in [1.82, 2.24) is 4.98 Å². The first-order valence-corrected chi connectivity index (χ1v) is 7.94. The number of nitrogens with zero attached hydrogens (tertiary/aromatic N) is 1. The van der Waals surface area contributed by atoms with Crippen molar-refractivity contribution < 1.29 is 4.79 Å². The third-order valence-corrected chi connectivity index (χ3v) is 3.54. The van der Waals surface area contributed by atoms with Crippen molar-refractivity contribution in [3.8, 4) is 0 Å². The average Bonchev–Trinajstić information content (AvgIpc) is 2.41. The summed E-state index contributed by atoms with van der Waals surface area (Å²) in [7, 11) is 0. The van der Waals surface area contributed by atoms with Crippen LogP contribution < -0.4 is 5.32 Å². The summed E-state index contributed by atoms with van der Waals surface area (Å²) < 4.78 is 0. The SMILES string of the molecule is CCCCCCCCCC(=O)Nc1ccc(Cl)nc1C. The van der Waals surface area contributed by atoms with Crippen LogP contribution in [0.25, 0.3) is 0 Å². The number of pyridine rings is 1. The molecule has 0 bridgehead atoms. The van der Waals surface area contributed by atoms with Crippen molar-refractivity contribution in [3.63, 3.8) is 0 Å². The van der Waals surface area contributed by atoms with Gasteiger partial charge in [-0.15, -0.1) is 0 Å². The van der Waals surface area contributed by atoms with Gasteiger partial charge in [0.25, 0.3) is 0 Å². The number of nitrogens with one attached hydrogen (secondary N) is 1. The molecule has 0 unspecified atom stereocenters. The van der Waals surface area contributed by atoms with E-state index < -0.39 is 0 Å². The summed E-state index contributed by atoms with van der Waals surface area (Å²) in [6.45, 7) is 4.06. The van der Waals surface area contributed by atoms with Crippen LogP contribution in [0.2, 0.25) is 5.15 Å². The second-order valence-corrected chi connectivity index (χ2v) is 5.57. The van der Waals surface area contributed by atoms with Crippen LogP contribution in [0.4, 0.5) is 5.69 Å². The number of hydrogen-bond acceptors (Lipinski definition) is 2. The summed E-state index contributed by atoms with van der Waals surface area (Å²) >= 11 is 5.78. The number of rotatable bonds is 9. The number of halogens is 1. The maximum Gasteiger partial charge on any atom is 0.224 e. The Bertz CT molecular complexity index is 421. The summed E-state index contributed by atoms with van der Waals surface area (Å²) in [6, 6.07) is 3.49. The summed E-state index contributed by atoms with van der Waals surface area (Å²) in [5.74, 6) is 0.0609.